The van der Waals surface area contributed by atoms with Gasteiger partial charge in [0, 0.05) is 25.5 Å². The summed E-state index contributed by atoms with van der Waals surface area (Å²) >= 11 is 1.47. The molecule has 0 aliphatic rings. The quantitative estimate of drug-likeness (QED) is 0.694. The Kier molecular flexibility index (Phi) is 7.18. The van der Waals surface area contributed by atoms with E-state index in [0.29, 0.717) is 18.0 Å². The molecule has 0 spiro atoms. The van der Waals surface area contributed by atoms with Crippen molar-refractivity contribution in [3.8, 4) is 11.5 Å². The van der Waals surface area contributed by atoms with Crippen molar-refractivity contribution in [3.63, 3.8) is 0 Å². The number of hydrogen-bond donors (Lipinski definition) is 1. The van der Waals surface area contributed by atoms with Crippen LogP contribution in [0.2, 0.25) is 0 Å². The Balaban J connectivity index is 1.92. The van der Waals surface area contributed by atoms with Gasteiger partial charge in [0.1, 0.15) is 0 Å². The summed E-state index contributed by atoms with van der Waals surface area (Å²) in [5, 5.41) is 3.61. The van der Waals surface area contributed by atoms with Crippen LogP contribution < -0.4 is 14.8 Å². The maximum Gasteiger partial charge on any atom is 0.233 e. The monoisotopic (exact) mass is 363 g/mol. The number of hydrogen-bond acceptors (Lipinski definition) is 5. The molecule has 25 heavy (non-hydrogen) atoms. The molecule has 0 saturated carbocycles. The highest BCUT2D eigenvalue weighted by Crippen LogP contribution is 2.27. The van der Waals surface area contributed by atoms with Crippen molar-refractivity contribution in [1.82, 2.24) is 14.9 Å². The van der Waals surface area contributed by atoms with Crippen LogP contribution in [-0.4, -0.2) is 34.9 Å². The van der Waals surface area contributed by atoms with E-state index in [1.807, 2.05) is 31.3 Å². The van der Waals surface area contributed by atoms with E-state index in [0.717, 1.165) is 23.7 Å². The van der Waals surface area contributed by atoms with Crippen molar-refractivity contribution in [2.24, 2.45) is 0 Å². The van der Waals surface area contributed by atoms with Gasteiger partial charge in [-0.25, -0.2) is 4.98 Å². The largest absolute Gasteiger partial charge is 0.493 e. The van der Waals surface area contributed by atoms with Crippen LogP contribution in [-0.2, 0) is 17.9 Å². The Morgan fingerprint density at radius 2 is 2.08 bits per heavy atom. The van der Waals surface area contributed by atoms with Crippen LogP contribution in [0.3, 0.4) is 0 Å². The van der Waals surface area contributed by atoms with E-state index in [1.165, 1.54) is 11.8 Å². The van der Waals surface area contributed by atoms with Gasteiger partial charge in [-0.05, 0) is 31.0 Å². The smallest absolute Gasteiger partial charge is 0.233 e. The van der Waals surface area contributed by atoms with Crippen molar-refractivity contribution < 1.29 is 14.3 Å². The lowest BCUT2D eigenvalue weighted by atomic mass is 10.2. The summed E-state index contributed by atoms with van der Waals surface area (Å²) in [6.07, 6.45) is 4.75. The highest BCUT2D eigenvalue weighted by molar-refractivity contribution is 8.00. The zero-order valence-corrected chi connectivity index (χ0v) is 15.9. The maximum absolute atomic E-state index is 12.4. The second kappa shape index (κ2) is 9.36. The molecule has 6 nitrogen and oxygen atoms in total. The topological polar surface area (TPSA) is 65.4 Å². The number of carbonyl (C=O) groups is 1. The lowest BCUT2D eigenvalue weighted by Gasteiger charge is -2.14. The maximum atomic E-state index is 12.4. The average Bonchev–Trinajstić information content (AvgIpc) is 3.06. The van der Waals surface area contributed by atoms with Crippen molar-refractivity contribution in [2.45, 2.75) is 43.8 Å². The lowest BCUT2D eigenvalue weighted by molar-refractivity contribution is -0.120. The van der Waals surface area contributed by atoms with Gasteiger partial charge in [-0.15, -0.1) is 0 Å². The molecule has 136 valence electrons. The molecule has 1 amide bonds. The minimum Gasteiger partial charge on any atom is -0.493 e. The minimum absolute atomic E-state index is 0.0224. The van der Waals surface area contributed by atoms with Crippen LogP contribution in [0, 0.1) is 0 Å². The van der Waals surface area contributed by atoms with Crippen LogP contribution in [0.1, 0.15) is 25.8 Å². The first kappa shape index (κ1) is 19.2. The number of amides is 1. The summed E-state index contributed by atoms with van der Waals surface area (Å²) < 4.78 is 12.6. The summed E-state index contributed by atoms with van der Waals surface area (Å²) in [5.41, 5.74) is 0.954. The molecule has 1 heterocycles. The van der Waals surface area contributed by atoms with Gasteiger partial charge in [-0.3, -0.25) is 4.79 Å². The second-order valence-electron chi connectivity index (χ2n) is 5.57. The molecule has 0 fully saturated rings. The Morgan fingerprint density at radius 3 is 2.76 bits per heavy atom. The van der Waals surface area contributed by atoms with Gasteiger partial charge in [0.05, 0.1) is 19.5 Å². The van der Waals surface area contributed by atoms with Crippen molar-refractivity contribution in [3.05, 3.63) is 36.2 Å². The van der Waals surface area contributed by atoms with Crippen LogP contribution in [0.5, 0.6) is 11.5 Å². The number of nitrogens with one attached hydrogen (secondary N) is 1. The third-order valence-corrected chi connectivity index (χ3v) is 4.83. The lowest BCUT2D eigenvalue weighted by Crippen LogP contribution is -2.30. The number of aryl methyl sites for hydroxylation is 1. The third-order valence-electron chi connectivity index (χ3n) is 3.71. The summed E-state index contributed by atoms with van der Waals surface area (Å²) in [5.74, 6) is 1.30. The van der Waals surface area contributed by atoms with Crippen LogP contribution in [0.15, 0.2) is 35.7 Å². The number of rotatable bonds is 9. The van der Waals surface area contributed by atoms with E-state index >= 15 is 0 Å². The number of thioether (sulfide) groups is 1. The van der Waals surface area contributed by atoms with E-state index in [9.17, 15) is 4.79 Å². The van der Waals surface area contributed by atoms with Gasteiger partial charge in [0.15, 0.2) is 16.7 Å². The van der Waals surface area contributed by atoms with E-state index in [1.54, 1.807) is 20.4 Å². The second-order valence-corrected chi connectivity index (χ2v) is 6.88. The fourth-order valence-electron chi connectivity index (χ4n) is 2.36. The Labute approximate surface area is 152 Å². The molecule has 0 bridgehead atoms. The Morgan fingerprint density at radius 1 is 1.32 bits per heavy atom. The van der Waals surface area contributed by atoms with E-state index in [-0.39, 0.29) is 11.2 Å². The molecule has 1 atom stereocenters. The molecule has 7 heteroatoms. The molecule has 0 saturated heterocycles. The standard InChI is InChI=1S/C18H25N3O3S/c1-5-9-21-10-8-19-18(21)25-13(2)17(22)20-12-14-6-7-15(23-3)16(11-14)24-4/h6-8,10-11,13H,5,9,12H2,1-4H3,(H,20,22). The number of carbonyl (C=O) groups excluding carboxylic acids is 1. The van der Waals surface area contributed by atoms with Crippen LogP contribution >= 0.6 is 11.8 Å². The fourth-order valence-corrected chi connectivity index (χ4v) is 3.28. The Hall–Kier alpha value is -2.15. The molecule has 1 unspecified atom stereocenters. The number of methoxy groups -OCH3 is 2. The summed E-state index contributed by atoms with van der Waals surface area (Å²) in [7, 11) is 3.19. The molecule has 2 aromatic rings. The number of ether oxygens (including phenoxy) is 2. The first-order valence-corrected chi connectivity index (χ1v) is 9.13. The zero-order chi connectivity index (χ0) is 18.2. The van der Waals surface area contributed by atoms with Gasteiger partial charge in [0.25, 0.3) is 0 Å². The first-order chi connectivity index (χ1) is 12.1. The molecule has 1 aromatic carbocycles. The predicted octanol–water partition coefficient (Wildman–Crippen LogP) is 3.11. The molecule has 0 aliphatic heterocycles. The highest BCUT2D eigenvalue weighted by atomic mass is 32.2. The molecule has 0 radical (unpaired) electrons. The van der Waals surface area contributed by atoms with Crippen molar-refractivity contribution in [1.29, 1.82) is 0 Å². The van der Waals surface area contributed by atoms with Crippen molar-refractivity contribution in [2.75, 3.05) is 14.2 Å². The zero-order valence-electron chi connectivity index (χ0n) is 15.1. The van der Waals surface area contributed by atoms with E-state index in [2.05, 4.69) is 21.8 Å². The van der Waals surface area contributed by atoms with Crippen molar-refractivity contribution >= 4 is 17.7 Å². The van der Waals surface area contributed by atoms with Gasteiger partial charge in [0.2, 0.25) is 5.91 Å². The van der Waals surface area contributed by atoms with E-state index < -0.39 is 0 Å². The minimum atomic E-state index is -0.224. The van der Waals surface area contributed by atoms with Gasteiger partial charge in [-0.2, -0.15) is 0 Å². The van der Waals surface area contributed by atoms with Gasteiger partial charge < -0.3 is 19.4 Å². The van der Waals surface area contributed by atoms with Crippen LogP contribution in [0.25, 0.3) is 0 Å². The average molecular weight is 363 g/mol. The molecule has 2 rings (SSSR count). The number of aromatic nitrogens is 2. The summed E-state index contributed by atoms with van der Waals surface area (Å²) in [4.78, 5) is 16.7. The number of imidazole rings is 1. The molecule has 1 aromatic heterocycles. The molecule has 1 N–H and O–H groups in total. The number of nitrogens with zero attached hydrogens (tertiary/aromatic N) is 2. The Bertz CT molecular complexity index is 703. The molecular formula is C18H25N3O3S. The van der Waals surface area contributed by atoms with Crippen LogP contribution in [0.4, 0.5) is 0 Å². The van der Waals surface area contributed by atoms with Gasteiger partial charge in [-0.1, -0.05) is 24.8 Å². The third kappa shape index (κ3) is 5.16. The van der Waals surface area contributed by atoms with Gasteiger partial charge >= 0.3 is 0 Å². The number of benzene rings is 1. The SMILES string of the molecule is CCCn1ccnc1SC(C)C(=O)NCc1ccc(OC)c(OC)c1. The normalized spacial score (nSPS) is 11.8. The summed E-state index contributed by atoms with van der Waals surface area (Å²) in [6, 6.07) is 5.61. The van der Waals surface area contributed by atoms with E-state index in [4.69, 9.17) is 9.47 Å². The fraction of sp³-hybridized carbons (Fsp3) is 0.444. The summed E-state index contributed by atoms with van der Waals surface area (Å²) in [6.45, 7) is 5.35. The first-order valence-electron chi connectivity index (χ1n) is 8.25. The molecule has 0 aliphatic carbocycles. The highest BCUT2D eigenvalue weighted by Gasteiger charge is 2.17. The molecular weight excluding hydrogens is 338 g/mol. The predicted molar refractivity (Wildman–Crippen MR) is 99.2 cm³/mol.